The van der Waals surface area contributed by atoms with Crippen molar-refractivity contribution in [3.63, 3.8) is 0 Å². The standard InChI is InChI=1S/C11H22N6/c1-8(2)9(7-17(3)4)14-10-5-6-13-11(15-10)16-12/h5-6,8-9H,7,12H2,1-4H3,(H2,13,14,15,16). The highest BCUT2D eigenvalue weighted by Gasteiger charge is 2.14. The fourth-order valence-corrected chi connectivity index (χ4v) is 1.52. The molecule has 0 amide bonds. The summed E-state index contributed by atoms with van der Waals surface area (Å²) in [6, 6.07) is 2.18. The van der Waals surface area contributed by atoms with Gasteiger partial charge in [-0.3, -0.25) is 5.43 Å². The van der Waals surface area contributed by atoms with Gasteiger partial charge in [-0.2, -0.15) is 4.98 Å². The normalized spacial score (nSPS) is 12.9. The fourth-order valence-electron chi connectivity index (χ4n) is 1.52. The summed E-state index contributed by atoms with van der Waals surface area (Å²) in [6.45, 7) is 5.32. The second-order valence-electron chi connectivity index (χ2n) is 4.67. The molecule has 0 saturated carbocycles. The molecule has 4 N–H and O–H groups in total. The summed E-state index contributed by atoms with van der Waals surface area (Å²) in [5, 5.41) is 3.40. The second kappa shape index (κ2) is 6.36. The van der Waals surface area contributed by atoms with Gasteiger partial charge in [-0.05, 0) is 26.1 Å². The third-order valence-corrected chi connectivity index (χ3v) is 2.48. The van der Waals surface area contributed by atoms with Gasteiger partial charge in [0.05, 0.1) is 0 Å². The molecule has 1 aromatic heterocycles. The van der Waals surface area contributed by atoms with E-state index in [0.29, 0.717) is 17.9 Å². The van der Waals surface area contributed by atoms with Crippen LogP contribution < -0.4 is 16.6 Å². The summed E-state index contributed by atoms with van der Waals surface area (Å²) in [5.74, 6) is 7.00. The van der Waals surface area contributed by atoms with E-state index in [0.717, 1.165) is 12.4 Å². The quantitative estimate of drug-likeness (QED) is 0.501. The maximum Gasteiger partial charge on any atom is 0.239 e. The molecule has 1 heterocycles. The van der Waals surface area contributed by atoms with Gasteiger partial charge in [-0.15, -0.1) is 0 Å². The van der Waals surface area contributed by atoms with Gasteiger partial charge in [0.2, 0.25) is 5.95 Å². The minimum atomic E-state index is 0.338. The predicted octanol–water partition coefficient (Wildman–Crippen LogP) is 0.760. The number of aromatic nitrogens is 2. The first-order valence-electron chi connectivity index (χ1n) is 5.74. The zero-order valence-electron chi connectivity index (χ0n) is 10.9. The fraction of sp³-hybridized carbons (Fsp3) is 0.636. The van der Waals surface area contributed by atoms with E-state index in [2.05, 4.69) is 53.6 Å². The van der Waals surface area contributed by atoms with E-state index in [1.807, 2.05) is 6.07 Å². The van der Waals surface area contributed by atoms with E-state index in [1.54, 1.807) is 6.20 Å². The maximum atomic E-state index is 5.28. The van der Waals surface area contributed by atoms with Crippen LogP contribution in [0.3, 0.4) is 0 Å². The first-order valence-corrected chi connectivity index (χ1v) is 5.74. The maximum absolute atomic E-state index is 5.28. The number of anilines is 2. The lowest BCUT2D eigenvalue weighted by atomic mass is 10.0. The first kappa shape index (κ1) is 13.7. The lowest BCUT2D eigenvalue weighted by Crippen LogP contribution is -2.36. The Kier molecular flexibility index (Phi) is 5.11. The Morgan fingerprint density at radius 1 is 1.41 bits per heavy atom. The lowest BCUT2D eigenvalue weighted by molar-refractivity contribution is 0.344. The van der Waals surface area contributed by atoms with Crippen LogP contribution in [0.15, 0.2) is 12.3 Å². The Labute approximate surface area is 103 Å². The molecule has 6 heteroatoms. The number of nitrogen functional groups attached to an aromatic ring is 1. The second-order valence-corrected chi connectivity index (χ2v) is 4.67. The van der Waals surface area contributed by atoms with Crippen molar-refractivity contribution in [1.82, 2.24) is 14.9 Å². The van der Waals surface area contributed by atoms with Gasteiger partial charge in [-0.1, -0.05) is 13.8 Å². The zero-order chi connectivity index (χ0) is 12.8. The molecule has 6 nitrogen and oxygen atoms in total. The molecule has 1 unspecified atom stereocenters. The van der Waals surface area contributed by atoms with Crippen LogP contribution in [-0.2, 0) is 0 Å². The summed E-state index contributed by atoms with van der Waals surface area (Å²) in [5.41, 5.74) is 2.44. The van der Waals surface area contributed by atoms with E-state index >= 15 is 0 Å². The van der Waals surface area contributed by atoms with Crippen molar-refractivity contribution in [3.05, 3.63) is 12.3 Å². The van der Waals surface area contributed by atoms with Gasteiger partial charge < -0.3 is 10.2 Å². The molecular formula is C11H22N6. The van der Waals surface area contributed by atoms with Crippen LogP contribution in [0.4, 0.5) is 11.8 Å². The van der Waals surface area contributed by atoms with E-state index in [4.69, 9.17) is 5.84 Å². The highest BCUT2D eigenvalue weighted by atomic mass is 15.3. The molecule has 0 aliphatic carbocycles. The van der Waals surface area contributed by atoms with E-state index in [9.17, 15) is 0 Å². The van der Waals surface area contributed by atoms with Gasteiger partial charge >= 0.3 is 0 Å². The Morgan fingerprint density at radius 3 is 2.65 bits per heavy atom. The molecule has 17 heavy (non-hydrogen) atoms. The van der Waals surface area contributed by atoms with Crippen molar-refractivity contribution in [2.75, 3.05) is 31.4 Å². The Morgan fingerprint density at radius 2 is 2.12 bits per heavy atom. The molecule has 0 aliphatic rings. The number of nitrogens with one attached hydrogen (secondary N) is 2. The molecule has 0 spiro atoms. The summed E-state index contributed by atoms with van der Waals surface area (Å²) < 4.78 is 0. The van der Waals surface area contributed by atoms with Crippen LogP contribution >= 0.6 is 0 Å². The van der Waals surface area contributed by atoms with Crippen LogP contribution in [0.5, 0.6) is 0 Å². The molecule has 96 valence electrons. The topological polar surface area (TPSA) is 79.1 Å². The lowest BCUT2D eigenvalue weighted by Gasteiger charge is -2.26. The summed E-state index contributed by atoms with van der Waals surface area (Å²) in [4.78, 5) is 10.4. The number of hydrogen-bond donors (Lipinski definition) is 3. The molecule has 1 atom stereocenters. The molecule has 1 aromatic rings. The Bertz CT molecular complexity index is 338. The van der Waals surface area contributed by atoms with Crippen molar-refractivity contribution in [2.24, 2.45) is 11.8 Å². The number of hydrazine groups is 1. The van der Waals surface area contributed by atoms with Gasteiger partial charge in [0.1, 0.15) is 5.82 Å². The van der Waals surface area contributed by atoms with Crippen molar-refractivity contribution >= 4 is 11.8 Å². The van der Waals surface area contributed by atoms with Gasteiger partial charge in [0.25, 0.3) is 0 Å². The van der Waals surface area contributed by atoms with E-state index in [-0.39, 0.29) is 0 Å². The summed E-state index contributed by atoms with van der Waals surface area (Å²) >= 11 is 0. The van der Waals surface area contributed by atoms with Crippen molar-refractivity contribution < 1.29 is 0 Å². The Hall–Kier alpha value is -1.40. The predicted molar refractivity (Wildman–Crippen MR) is 70.6 cm³/mol. The van der Waals surface area contributed by atoms with Crippen LogP contribution in [-0.4, -0.2) is 41.5 Å². The summed E-state index contributed by atoms with van der Waals surface area (Å²) in [6.07, 6.45) is 1.68. The van der Waals surface area contributed by atoms with Crippen LogP contribution in [0, 0.1) is 5.92 Å². The van der Waals surface area contributed by atoms with Crippen molar-refractivity contribution in [3.8, 4) is 0 Å². The molecule has 1 rings (SSSR count). The van der Waals surface area contributed by atoms with Gasteiger partial charge in [0.15, 0.2) is 0 Å². The molecule has 0 bridgehead atoms. The Balaban J connectivity index is 2.71. The van der Waals surface area contributed by atoms with Crippen molar-refractivity contribution in [1.29, 1.82) is 0 Å². The number of rotatable bonds is 6. The SMILES string of the molecule is CC(C)C(CN(C)C)Nc1ccnc(NN)n1. The number of hydrogen-bond acceptors (Lipinski definition) is 6. The smallest absolute Gasteiger partial charge is 0.239 e. The van der Waals surface area contributed by atoms with Gasteiger partial charge in [-0.25, -0.2) is 10.8 Å². The third-order valence-electron chi connectivity index (χ3n) is 2.48. The average Bonchev–Trinajstić information content (AvgIpc) is 2.27. The molecule has 0 fully saturated rings. The molecule has 0 saturated heterocycles. The molecule has 0 radical (unpaired) electrons. The minimum Gasteiger partial charge on any atom is -0.366 e. The van der Waals surface area contributed by atoms with Crippen molar-refractivity contribution in [2.45, 2.75) is 19.9 Å². The van der Waals surface area contributed by atoms with E-state index in [1.165, 1.54) is 0 Å². The first-order chi connectivity index (χ1) is 8.02. The highest BCUT2D eigenvalue weighted by molar-refractivity contribution is 5.39. The largest absolute Gasteiger partial charge is 0.366 e. The number of nitrogens with two attached hydrogens (primary N) is 1. The minimum absolute atomic E-state index is 0.338. The third kappa shape index (κ3) is 4.54. The number of likely N-dealkylation sites (N-methyl/N-ethyl adjacent to an activating group) is 1. The monoisotopic (exact) mass is 238 g/mol. The van der Waals surface area contributed by atoms with E-state index < -0.39 is 0 Å². The van der Waals surface area contributed by atoms with Crippen LogP contribution in [0.1, 0.15) is 13.8 Å². The number of nitrogens with zero attached hydrogens (tertiary/aromatic N) is 3. The molecule has 0 aliphatic heterocycles. The van der Waals surface area contributed by atoms with Crippen LogP contribution in [0.25, 0.3) is 0 Å². The van der Waals surface area contributed by atoms with Gasteiger partial charge in [0, 0.05) is 18.8 Å². The average molecular weight is 238 g/mol. The summed E-state index contributed by atoms with van der Waals surface area (Å²) in [7, 11) is 4.12. The zero-order valence-corrected chi connectivity index (χ0v) is 10.9. The van der Waals surface area contributed by atoms with Crippen LogP contribution in [0.2, 0.25) is 0 Å². The molecule has 0 aromatic carbocycles. The molecular weight excluding hydrogens is 216 g/mol. The highest BCUT2D eigenvalue weighted by Crippen LogP contribution is 2.11.